The largest absolute Gasteiger partial charge is 0.309 e. The Morgan fingerprint density at radius 3 is 2.28 bits per heavy atom. The van der Waals surface area contributed by atoms with Crippen molar-refractivity contribution in [3.05, 3.63) is 35.4 Å². The third-order valence-corrected chi connectivity index (χ3v) is 3.43. The van der Waals surface area contributed by atoms with Crippen LogP contribution in [0.5, 0.6) is 0 Å². The van der Waals surface area contributed by atoms with Gasteiger partial charge >= 0.3 is 0 Å². The van der Waals surface area contributed by atoms with Crippen molar-refractivity contribution in [2.45, 2.75) is 32.2 Å². The molecule has 102 valence electrons. The van der Waals surface area contributed by atoms with Crippen molar-refractivity contribution in [3.63, 3.8) is 0 Å². The van der Waals surface area contributed by atoms with Gasteiger partial charge in [-0.2, -0.15) is 0 Å². The average Bonchev–Trinajstić information content (AvgIpc) is 2.33. The van der Waals surface area contributed by atoms with Crippen molar-refractivity contribution in [2.24, 2.45) is 0 Å². The van der Waals surface area contributed by atoms with Gasteiger partial charge in [0.2, 0.25) is 0 Å². The fourth-order valence-corrected chi connectivity index (χ4v) is 2.40. The molecule has 0 spiro atoms. The lowest BCUT2D eigenvalue weighted by molar-refractivity contribution is 0.280. The normalized spacial score (nSPS) is 13.3. The van der Waals surface area contributed by atoms with E-state index in [4.69, 9.17) is 0 Å². The van der Waals surface area contributed by atoms with Crippen LogP contribution in [-0.2, 0) is 6.42 Å². The summed E-state index contributed by atoms with van der Waals surface area (Å²) in [5.41, 5.74) is 3.00. The Morgan fingerprint density at radius 2 is 1.72 bits per heavy atom. The van der Waals surface area contributed by atoms with E-state index in [9.17, 15) is 0 Å². The topological polar surface area (TPSA) is 6.48 Å². The molecule has 0 N–H and O–H groups in total. The molecule has 0 aromatic heterocycles. The first-order valence-electron chi connectivity index (χ1n) is 6.95. The van der Waals surface area contributed by atoms with Crippen molar-refractivity contribution in [3.8, 4) is 0 Å². The minimum absolute atomic E-state index is 0.549. The van der Waals surface area contributed by atoms with Gasteiger partial charge in [-0.05, 0) is 52.2 Å². The maximum Gasteiger partial charge on any atom is 0.0344 e. The highest BCUT2D eigenvalue weighted by molar-refractivity contribution is 5.30. The van der Waals surface area contributed by atoms with Crippen LogP contribution in [-0.4, -0.2) is 44.5 Å². The van der Waals surface area contributed by atoms with Gasteiger partial charge in [0, 0.05) is 12.6 Å². The molecule has 0 bridgehead atoms. The minimum atomic E-state index is 0.549. The molecule has 0 radical (unpaired) electrons. The van der Waals surface area contributed by atoms with E-state index in [-0.39, 0.29) is 0 Å². The fourth-order valence-electron chi connectivity index (χ4n) is 2.40. The zero-order chi connectivity index (χ0) is 13.5. The lowest BCUT2D eigenvalue weighted by Crippen LogP contribution is -2.22. The molecule has 1 aromatic carbocycles. The third-order valence-electron chi connectivity index (χ3n) is 3.43. The van der Waals surface area contributed by atoms with Gasteiger partial charge in [-0.3, -0.25) is 0 Å². The summed E-state index contributed by atoms with van der Waals surface area (Å²) in [6.07, 6.45) is 3.59. The molecule has 0 heterocycles. The van der Waals surface area contributed by atoms with Crippen LogP contribution in [0.15, 0.2) is 24.3 Å². The van der Waals surface area contributed by atoms with Crippen LogP contribution in [0.25, 0.3) is 0 Å². The Kier molecular flexibility index (Phi) is 6.37. The van der Waals surface area contributed by atoms with Gasteiger partial charge in [-0.15, -0.1) is 0 Å². The molecule has 18 heavy (non-hydrogen) atoms. The first-order chi connectivity index (χ1) is 8.56. The molecule has 0 amide bonds. The maximum atomic E-state index is 2.35. The lowest BCUT2D eigenvalue weighted by Gasteiger charge is -2.27. The van der Waals surface area contributed by atoms with Crippen molar-refractivity contribution in [2.75, 3.05) is 34.7 Å². The predicted molar refractivity (Wildman–Crippen MR) is 80.0 cm³/mol. The van der Waals surface area contributed by atoms with Crippen LogP contribution in [0.2, 0.25) is 0 Å². The van der Waals surface area contributed by atoms with Gasteiger partial charge in [0.15, 0.2) is 0 Å². The van der Waals surface area contributed by atoms with Crippen LogP contribution < -0.4 is 0 Å². The Morgan fingerprint density at radius 1 is 1.06 bits per heavy atom. The minimum Gasteiger partial charge on any atom is -0.309 e. The second kappa shape index (κ2) is 7.55. The van der Waals surface area contributed by atoms with Crippen LogP contribution in [0.4, 0.5) is 0 Å². The SMILES string of the molecule is CCCC(c1ccccc1CCN(C)C)N(C)C. The Bertz CT molecular complexity index is 345. The number of likely N-dealkylation sites (N-methyl/N-ethyl adjacent to an activating group) is 1. The van der Waals surface area contributed by atoms with E-state index < -0.39 is 0 Å². The van der Waals surface area contributed by atoms with Gasteiger partial charge in [-0.25, -0.2) is 0 Å². The molecule has 0 saturated heterocycles. The molecule has 2 heteroatoms. The van der Waals surface area contributed by atoms with Gasteiger partial charge in [0.05, 0.1) is 0 Å². The number of nitrogens with zero attached hydrogens (tertiary/aromatic N) is 2. The summed E-state index contributed by atoms with van der Waals surface area (Å²) in [6.45, 7) is 3.38. The van der Waals surface area contributed by atoms with Crippen molar-refractivity contribution >= 4 is 0 Å². The summed E-state index contributed by atoms with van der Waals surface area (Å²) >= 11 is 0. The number of benzene rings is 1. The predicted octanol–water partition coefficient (Wildman–Crippen LogP) is 3.19. The Labute approximate surface area is 113 Å². The summed E-state index contributed by atoms with van der Waals surface area (Å²) in [5.74, 6) is 0. The van der Waals surface area contributed by atoms with E-state index in [0.29, 0.717) is 6.04 Å². The third kappa shape index (κ3) is 4.43. The van der Waals surface area contributed by atoms with Crippen LogP contribution in [0.1, 0.15) is 36.9 Å². The number of hydrogen-bond acceptors (Lipinski definition) is 2. The fraction of sp³-hybridized carbons (Fsp3) is 0.625. The molecule has 0 aliphatic rings. The highest BCUT2D eigenvalue weighted by Gasteiger charge is 2.16. The summed E-state index contributed by atoms with van der Waals surface area (Å²) in [5, 5.41) is 0. The van der Waals surface area contributed by atoms with Gasteiger partial charge in [0.1, 0.15) is 0 Å². The molecule has 1 atom stereocenters. The van der Waals surface area contributed by atoms with Gasteiger partial charge in [0.25, 0.3) is 0 Å². The first-order valence-corrected chi connectivity index (χ1v) is 6.95. The molecular formula is C16H28N2. The lowest BCUT2D eigenvalue weighted by atomic mass is 9.94. The Balaban J connectivity index is 2.91. The summed E-state index contributed by atoms with van der Waals surface area (Å²) in [7, 11) is 8.64. The smallest absolute Gasteiger partial charge is 0.0344 e. The van der Waals surface area contributed by atoms with E-state index in [1.165, 1.54) is 24.0 Å². The molecule has 1 unspecified atom stereocenters. The van der Waals surface area contributed by atoms with Crippen LogP contribution in [0.3, 0.4) is 0 Å². The second-order valence-corrected chi connectivity index (χ2v) is 5.52. The van der Waals surface area contributed by atoms with E-state index >= 15 is 0 Å². The van der Waals surface area contributed by atoms with E-state index in [0.717, 1.165) is 13.0 Å². The zero-order valence-corrected chi connectivity index (χ0v) is 12.6. The highest BCUT2D eigenvalue weighted by Crippen LogP contribution is 2.26. The zero-order valence-electron chi connectivity index (χ0n) is 12.6. The molecule has 0 fully saturated rings. The van der Waals surface area contributed by atoms with Gasteiger partial charge in [-0.1, -0.05) is 37.6 Å². The maximum absolute atomic E-state index is 2.35. The van der Waals surface area contributed by atoms with Crippen molar-refractivity contribution < 1.29 is 0 Å². The molecule has 0 aliphatic heterocycles. The molecule has 0 aliphatic carbocycles. The van der Waals surface area contributed by atoms with Crippen molar-refractivity contribution in [1.29, 1.82) is 0 Å². The van der Waals surface area contributed by atoms with Crippen molar-refractivity contribution in [1.82, 2.24) is 9.80 Å². The molecular weight excluding hydrogens is 220 g/mol. The quantitative estimate of drug-likeness (QED) is 0.731. The average molecular weight is 248 g/mol. The van der Waals surface area contributed by atoms with Gasteiger partial charge < -0.3 is 9.80 Å². The highest BCUT2D eigenvalue weighted by atomic mass is 15.1. The molecule has 0 saturated carbocycles. The monoisotopic (exact) mass is 248 g/mol. The van der Waals surface area contributed by atoms with E-state index in [2.05, 4.69) is 69.2 Å². The molecule has 1 aromatic rings. The van der Waals surface area contributed by atoms with E-state index in [1.54, 1.807) is 0 Å². The molecule has 1 rings (SSSR count). The summed E-state index contributed by atoms with van der Waals surface area (Å²) < 4.78 is 0. The second-order valence-electron chi connectivity index (χ2n) is 5.52. The first kappa shape index (κ1) is 15.2. The standard InChI is InChI=1S/C16H28N2/c1-6-9-16(18(4)5)15-11-8-7-10-14(15)12-13-17(2)3/h7-8,10-11,16H,6,9,12-13H2,1-5H3. The summed E-state index contributed by atoms with van der Waals surface area (Å²) in [6, 6.07) is 9.46. The number of rotatable bonds is 7. The van der Waals surface area contributed by atoms with Crippen LogP contribution >= 0.6 is 0 Å². The Hall–Kier alpha value is -0.860. The number of hydrogen-bond donors (Lipinski definition) is 0. The van der Waals surface area contributed by atoms with E-state index in [1.807, 2.05) is 0 Å². The van der Waals surface area contributed by atoms with Crippen LogP contribution in [0, 0.1) is 0 Å². The molecule has 2 nitrogen and oxygen atoms in total. The summed E-state index contributed by atoms with van der Waals surface area (Å²) in [4.78, 5) is 4.60.